The van der Waals surface area contributed by atoms with Gasteiger partial charge in [0.25, 0.3) is 0 Å². The van der Waals surface area contributed by atoms with Gasteiger partial charge in [0, 0.05) is 17.1 Å². The lowest BCUT2D eigenvalue weighted by Gasteiger charge is -2.15. The summed E-state index contributed by atoms with van der Waals surface area (Å²) >= 11 is 0. The number of benzene rings is 3. The summed E-state index contributed by atoms with van der Waals surface area (Å²) in [5.41, 5.74) is 10.2. The molecule has 3 aromatic carbocycles. The second-order valence-electron chi connectivity index (χ2n) is 7.57. The maximum Gasteiger partial charge on any atom is 0.0792 e. The molecule has 4 aromatic rings. The normalized spacial score (nSPS) is 12.0. The molecule has 0 spiro atoms. The van der Waals surface area contributed by atoms with Gasteiger partial charge in [0.15, 0.2) is 0 Å². The van der Waals surface area contributed by atoms with Crippen LogP contribution in [0.15, 0.2) is 66.9 Å². The Balaban J connectivity index is 2.01. The standard InChI is InChI=1S/C25H21N/c1-15(2)18-8-10-19-20-6-4-5-17-11-12-26-25(24(17)20)21-9-7-16(3)13-22(21)23(19)14-18/h4-15H,1-3H3. The van der Waals surface area contributed by atoms with Gasteiger partial charge in [0.05, 0.1) is 5.69 Å². The van der Waals surface area contributed by atoms with E-state index in [1.54, 1.807) is 0 Å². The zero-order valence-corrected chi connectivity index (χ0v) is 15.4. The summed E-state index contributed by atoms with van der Waals surface area (Å²) in [6.45, 7) is 6.68. The fraction of sp³-hybridized carbons (Fsp3) is 0.160. The molecule has 1 nitrogen and oxygen atoms in total. The minimum Gasteiger partial charge on any atom is -0.256 e. The van der Waals surface area contributed by atoms with Gasteiger partial charge in [-0.15, -0.1) is 0 Å². The Hall–Kier alpha value is -2.93. The average molecular weight is 335 g/mol. The summed E-state index contributed by atoms with van der Waals surface area (Å²) in [6, 6.07) is 22.4. The van der Waals surface area contributed by atoms with Crippen LogP contribution in [0, 0.1) is 6.92 Å². The lowest BCUT2D eigenvalue weighted by Crippen LogP contribution is -1.92. The molecule has 5 rings (SSSR count). The molecule has 1 heterocycles. The first-order chi connectivity index (χ1) is 12.6. The van der Waals surface area contributed by atoms with E-state index >= 15 is 0 Å². The smallest absolute Gasteiger partial charge is 0.0792 e. The van der Waals surface area contributed by atoms with Crippen LogP contribution in [0.25, 0.3) is 44.3 Å². The van der Waals surface area contributed by atoms with E-state index in [2.05, 4.69) is 81.4 Å². The third kappa shape index (κ3) is 2.13. The summed E-state index contributed by atoms with van der Waals surface area (Å²) < 4.78 is 0. The molecule has 0 N–H and O–H groups in total. The molecule has 1 heteroatoms. The maximum absolute atomic E-state index is 4.81. The van der Waals surface area contributed by atoms with Crippen molar-refractivity contribution in [2.24, 2.45) is 0 Å². The Morgan fingerprint density at radius 3 is 2.38 bits per heavy atom. The Morgan fingerprint density at radius 1 is 0.731 bits per heavy atom. The maximum atomic E-state index is 4.81. The highest BCUT2D eigenvalue weighted by Crippen LogP contribution is 2.47. The van der Waals surface area contributed by atoms with Crippen LogP contribution in [0.2, 0.25) is 0 Å². The molecule has 0 saturated heterocycles. The third-order valence-electron chi connectivity index (χ3n) is 5.51. The van der Waals surface area contributed by atoms with Gasteiger partial charge >= 0.3 is 0 Å². The van der Waals surface area contributed by atoms with Crippen LogP contribution in [0.4, 0.5) is 0 Å². The highest BCUT2D eigenvalue weighted by molar-refractivity contribution is 6.12. The predicted molar refractivity (Wildman–Crippen MR) is 110 cm³/mol. The van der Waals surface area contributed by atoms with Crippen LogP contribution in [-0.2, 0) is 0 Å². The number of aromatic nitrogens is 1. The first kappa shape index (κ1) is 15.3. The molecular formula is C25H21N. The molecule has 0 radical (unpaired) electrons. The van der Waals surface area contributed by atoms with Crippen LogP contribution < -0.4 is 0 Å². The molecule has 1 aliphatic carbocycles. The third-order valence-corrected chi connectivity index (χ3v) is 5.51. The van der Waals surface area contributed by atoms with Gasteiger partial charge in [-0.1, -0.05) is 74.0 Å². The zero-order chi connectivity index (χ0) is 17.8. The molecule has 0 unspecified atom stereocenters. The molecule has 0 saturated carbocycles. The van der Waals surface area contributed by atoms with Crippen molar-refractivity contribution < 1.29 is 0 Å². The Kier molecular flexibility index (Phi) is 3.27. The second kappa shape index (κ2) is 5.54. The summed E-state index contributed by atoms with van der Waals surface area (Å²) in [4.78, 5) is 4.81. The van der Waals surface area contributed by atoms with Crippen molar-refractivity contribution in [1.29, 1.82) is 0 Å². The van der Waals surface area contributed by atoms with Gasteiger partial charge in [-0.05, 0) is 52.1 Å². The van der Waals surface area contributed by atoms with Gasteiger partial charge in [0.1, 0.15) is 0 Å². The van der Waals surface area contributed by atoms with Crippen molar-refractivity contribution in [2.75, 3.05) is 0 Å². The topological polar surface area (TPSA) is 12.9 Å². The van der Waals surface area contributed by atoms with Crippen LogP contribution >= 0.6 is 0 Å². The van der Waals surface area contributed by atoms with Crippen molar-refractivity contribution in [3.8, 4) is 33.5 Å². The van der Waals surface area contributed by atoms with E-state index in [1.807, 2.05) is 6.20 Å². The number of nitrogens with zero attached hydrogens (tertiary/aromatic N) is 1. The van der Waals surface area contributed by atoms with E-state index in [0.717, 1.165) is 5.69 Å². The average Bonchev–Trinajstić information content (AvgIpc) is 2.77. The first-order valence-electron chi connectivity index (χ1n) is 9.27. The fourth-order valence-corrected chi connectivity index (χ4v) is 4.12. The molecule has 0 atom stereocenters. The minimum atomic E-state index is 0.508. The van der Waals surface area contributed by atoms with Crippen molar-refractivity contribution in [3.63, 3.8) is 0 Å². The number of hydrogen-bond donors (Lipinski definition) is 0. The summed E-state index contributed by atoms with van der Waals surface area (Å²) in [5.74, 6) is 0.508. The highest BCUT2D eigenvalue weighted by atomic mass is 14.7. The van der Waals surface area contributed by atoms with Crippen LogP contribution in [0.1, 0.15) is 30.9 Å². The molecular weight excluding hydrogens is 314 g/mol. The van der Waals surface area contributed by atoms with E-state index in [-0.39, 0.29) is 0 Å². The van der Waals surface area contributed by atoms with Gasteiger partial charge in [-0.25, -0.2) is 0 Å². The highest BCUT2D eigenvalue weighted by Gasteiger charge is 2.22. The lowest BCUT2D eigenvalue weighted by molar-refractivity contribution is 0.867. The largest absolute Gasteiger partial charge is 0.256 e. The molecule has 0 bridgehead atoms. The molecule has 0 fully saturated rings. The molecule has 0 aliphatic heterocycles. The first-order valence-corrected chi connectivity index (χ1v) is 9.27. The molecule has 26 heavy (non-hydrogen) atoms. The lowest BCUT2D eigenvalue weighted by atomic mass is 9.89. The predicted octanol–water partition coefficient (Wildman–Crippen LogP) is 6.98. The van der Waals surface area contributed by atoms with Crippen LogP contribution in [0.3, 0.4) is 0 Å². The summed E-state index contributed by atoms with van der Waals surface area (Å²) in [5, 5.41) is 2.51. The van der Waals surface area contributed by atoms with Crippen molar-refractivity contribution in [1.82, 2.24) is 4.98 Å². The molecule has 0 amide bonds. The molecule has 126 valence electrons. The summed E-state index contributed by atoms with van der Waals surface area (Å²) in [7, 11) is 0. The number of rotatable bonds is 1. The van der Waals surface area contributed by atoms with Gasteiger partial charge in [-0.2, -0.15) is 0 Å². The number of hydrogen-bond acceptors (Lipinski definition) is 1. The van der Waals surface area contributed by atoms with Crippen molar-refractivity contribution in [2.45, 2.75) is 26.7 Å². The Labute approximate surface area is 154 Å². The Morgan fingerprint density at radius 2 is 1.54 bits per heavy atom. The van der Waals surface area contributed by atoms with E-state index in [4.69, 9.17) is 4.98 Å². The number of fused-ring (bicyclic) bond motifs is 5. The number of aryl methyl sites for hydroxylation is 1. The fourth-order valence-electron chi connectivity index (χ4n) is 4.12. The SMILES string of the molecule is Cc1ccc2c(c1)-c1cc(C(C)C)ccc1-c1cccc3ccnc-2c13. The number of pyridine rings is 1. The van der Waals surface area contributed by atoms with Gasteiger partial charge in [0.2, 0.25) is 0 Å². The zero-order valence-electron chi connectivity index (χ0n) is 15.4. The van der Waals surface area contributed by atoms with Crippen LogP contribution in [-0.4, -0.2) is 4.98 Å². The Bertz CT molecular complexity index is 1160. The van der Waals surface area contributed by atoms with Gasteiger partial charge < -0.3 is 0 Å². The van der Waals surface area contributed by atoms with Gasteiger partial charge in [-0.3, -0.25) is 4.98 Å². The van der Waals surface area contributed by atoms with Crippen molar-refractivity contribution in [3.05, 3.63) is 78.0 Å². The minimum absolute atomic E-state index is 0.508. The van der Waals surface area contributed by atoms with Crippen LogP contribution in [0.5, 0.6) is 0 Å². The summed E-state index contributed by atoms with van der Waals surface area (Å²) in [6.07, 6.45) is 1.93. The quantitative estimate of drug-likeness (QED) is 0.322. The molecule has 1 aromatic heterocycles. The van der Waals surface area contributed by atoms with E-state index in [1.165, 1.54) is 49.7 Å². The monoisotopic (exact) mass is 335 g/mol. The van der Waals surface area contributed by atoms with E-state index in [9.17, 15) is 0 Å². The second-order valence-corrected chi connectivity index (χ2v) is 7.57. The van der Waals surface area contributed by atoms with E-state index in [0.29, 0.717) is 5.92 Å². The van der Waals surface area contributed by atoms with E-state index < -0.39 is 0 Å². The van der Waals surface area contributed by atoms with Crippen molar-refractivity contribution >= 4 is 10.8 Å². The molecule has 1 aliphatic rings.